The minimum absolute atomic E-state index is 0.0960. The number of benzene rings is 1. The summed E-state index contributed by atoms with van der Waals surface area (Å²) in [5, 5.41) is 3.10. The van der Waals surface area contributed by atoms with Gasteiger partial charge in [0, 0.05) is 5.92 Å². The smallest absolute Gasteiger partial charge is 0.223 e. The molecule has 1 atom stereocenters. The first-order chi connectivity index (χ1) is 8.24. The van der Waals surface area contributed by atoms with Gasteiger partial charge in [-0.25, -0.2) is 4.39 Å². The van der Waals surface area contributed by atoms with Crippen molar-refractivity contribution in [3.8, 4) is 0 Å². The predicted octanol–water partition coefficient (Wildman–Crippen LogP) is 2.73. The van der Waals surface area contributed by atoms with Gasteiger partial charge in [-0.05, 0) is 48.9 Å². The van der Waals surface area contributed by atoms with E-state index >= 15 is 0 Å². The van der Waals surface area contributed by atoms with Gasteiger partial charge >= 0.3 is 0 Å². The quantitative estimate of drug-likeness (QED) is 0.836. The molecular formula is C14H16FNO. The fraction of sp³-hybridized carbons (Fsp3) is 0.500. The number of aryl methyl sites for hydroxylation is 1. The molecule has 0 heterocycles. The third-order valence-electron chi connectivity index (χ3n) is 3.98. The summed E-state index contributed by atoms with van der Waals surface area (Å²) in [6.45, 7) is 0. The Bertz CT molecular complexity index is 454. The molecular weight excluding hydrogens is 217 g/mol. The summed E-state index contributed by atoms with van der Waals surface area (Å²) in [5.74, 6) is 0.215. The topological polar surface area (TPSA) is 29.1 Å². The van der Waals surface area contributed by atoms with Gasteiger partial charge in [-0.15, -0.1) is 0 Å². The van der Waals surface area contributed by atoms with Gasteiger partial charge in [-0.2, -0.15) is 0 Å². The van der Waals surface area contributed by atoms with Crippen LogP contribution < -0.4 is 5.32 Å². The average Bonchev–Trinajstić information content (AvgIpc) is 2.58. The second-order valence-electron chi connectivity index (χ2n) is 5.07. The number of nitrogens with one attached hydrogen (secondary N) is 1. The second kappa shape index (κ2) is 4.13. The first-order valence-electron chi connectivity index (χ1n) is 6.33. The van der Waals surface area contributed by atoms with Gasteiger partial charge in [0.1, 0.15) is 5.82 Å². The molecule has 0 aliphatic heterocycles. The van der Waals surface area contributed by atoms with Crippen molar-refractivity contribution in [3.63, 3.8) is 0 Å². The molecule has 0 saturated heterocycles. The van der Waals surface area contributed by atoms with E-state index in [4.69, 9.17) is 0 Å². The van der Waals surface area contributed by atoms with Crippen molar-refractivity contribution in [3.05, 3.63) is 35.1 Å². The maximum atomic E-state index is 13.1. The van der Waals surface area contributed by atoms with Gasteiger partial charge in [0.15, 0.2) is 0 Å². The lowest BCUT2D eigenvalue weighted by molar-refractivity contribution is -0.128. The van der Waals surface area contributed by atoms with Crippen LogP contribution in [0.25, 0.3) is 0 Å². The molecule has 1 aromatic carbocycles. The molecule has 0 radical (unpaired) electrons. The molecule has 3 rings (SSSR count). The van der Waals surface area contributed by atoms with Gasteiger partial charge in [-0.1, -0.05) is 12.5 Å². The van der Waals surface area contributed by atoms with Crippen LogP contribution in [0.4, 0.5) is 4.39 Å². The third kappa shape index (κ3) is 1.94. The number of hydrogen-bond donors (Lipinski definition) is 1. The number of rotatable bonds is 2. The molecule has 2 nitrogen and oxygen atoms in total. The van der Waals surface area contributed by atoms with Crippen LogP contribution in [0.2, 0.25) is 0 Å². The zero-order valence-corrected chi connectivity index (χ0v) is 9.71. The highest BCUT2D eigenvalue weighted by Crippen LogP contribution is 2.33. The maximum Gasteiger partial charge on any atom is 0.223 e. The Labute approximate surface area is 100 Å². The number of halogens is 1. The summed E-state index contributed by atoms with van der Waals surface area (Å²) < 4.78 is 13.1. The summed E-state index contributed by atoms with van der Waals surface area (Å²) in [4.78, 5) is 11.9. The minimum Gasteiger partial charge on any atom is -0.349 e. The highest BCUT2D eigenvalue weighted by molar-refractivity contribution is 5.80. The van der Waals surface area contributed by atoms with E-state index in [1.807, 2.05) is 6.07 Å². The Kier molecular flexibility index (Phi) is 2.61. The molecule has 2 aliphatic rings. The van der Waals surface area contributed by atoms with Gasteiger partial charge < -0.3 is 5.32 Å². The van der Waals surface area contributed by atoms with Crippen LogP contribution in [0.3, 0.4) is 0 Å². The predicted molar refractivity (Wildman–Crippen MR) is 62.9 cm³/mol. The molecule has 0 aromatic heterocycles. The molecule has 1 N–H and O–H groups in total. The summed E-state index contributed by atoms with van der Waals surface area (Å²) in [6.07, 6.45) is 4.98. The summed E-state index contributed by atoms with van der Waals surface area (Å²) in [6, 6.07) is 4.97. The van der Waals surface area contributed by atoms with E-state index in [2.05, 4.69) is 5.32 Å². The van der Waals surface area contributed by atoms with E-state index < -0.39 is 0 Å². The standard InChI is InChI=1S/C14H16FNO/c15-11-5-6-12-10(8-11)4-7-13(12)16-14(17)9-2-1-3-9/h5-6,8-9,13H,1-4,7H2,(H,16,17). The van der Waals surface area contributed by atoms with E-state index in [1.165, 1.54) is 12.5 Å². The minimum atomic E-state index is -0.185. The number of fused-ring (bicyclic) bond motifs is 1. The van der Waals surface area contributed by atoms with E-state index in [9.17, 15) is 9.18 Å². The van der Waals surface area contributed by atoms with Crippen LogP contribution in [-0.2, 0) is 11.2 Å². The number of hydrogen-bond acceptors (Lipinski definition) is 1. The fourth-order valence-corrected chi connectivity index (χ4v) is 2.70. The van der Waals surface area contributed by atoms with Crippen molar-refractivity contribution in [1.29, 1.82) is 0 Å². The molecule has 1 amide bonds. The molecule has 1 fully saturated rings. The van der Waals surface area contributed by atoms with Gasteiger partial charge in [-0.3, -0.25) is 4.79 Å². The largest absolute Gasteiger partial charge is 0.349 e. The van der Waals surface area contributed by atoms with E-state index in [1.54, 1.807) is 6.07 Å². The highest BCUT2D eigenvalue weighted by Gasteiger charge is 2.29. The van der Waals surface area contributed by atoms with Crippen LogP contribution in [0.15, 0.2) is 18.2 Å². The Hall–Kier alpha value is -1.38. The van der Waals surface area contributed by atoms with E-state index in [-0.39, 0.29) is 23.7 Å². The Morgan fingerprint density at radius 2 is 2.12 bits per heavy atom. The van der Waals surface area contributed by atoms with Crippen LogP contribution in [0.1, 0.15) is 42.9 Å². The van der Waals surface area contributed by atoms with Gasteiger partial charge in [0.2, 0.25) is 5.91 Å². The molecule has 2 aliphatic carbocycles. The normalized spacial score (nSPS) is 23.0. The molecule has 17 heavy (non-hydrogen) atoms. The third-order valence-corrected chi connectivity index (χ3v) is 3.98. The van der Waals surface area contributed by atoms with E-state index in [0.29, 0.717) is 0 Å². The Morgan fingerprint density at radius 1 is 1.29 bits per heavy atom. The average molecular weight is 233 g/mol. The van der Waals surface area contributed by atoms with Crippen LogP contribution in [0.5, 0.6) is 0 Å². The van der Waals surface area contributed by atoms with E-state index in [0.717, 1.165) is 36.8 Å². The molecule has 1 saturated carbocycles. The second-order valence-corrected chi connectivity index (χ2v) is 5.07. The molecule has 90 valence electrons. The number of carbonyl (C=O) groups is 1. The molecule has 0 spiro atoms. The molecule has 1 unspecified atom stereocenters. The summed E-state index contributed by atoms with van der Waals surface area (Å²) >= 11 is 0. The Morgan fingerprint density at radius 3 is 2.82 bits per heavy atom. The van der Waals surface area contributed by atoms with Crippen molar-refractivity contribution in [1.82, 2.24) is 5.32 Å². The monoisotopic (exact) mass is 233 g/mol. The number of carbonyl (C=O) groups excluding carboxylic acids is 1. The molecule has 0 bridgehead atoms. The van der Waals surface area contributed by atoms with Crippen molar-refractivity contribution in [2.75, 3.05) is 0 Å². The zero-order valence-electron chi connectivity index (χ0n) is 9.71. The lowest BCUT2D eigenvalue weighted by Crippen LogP contribution is -2.36. The maximum absolute atomic E-state index is 13.1. The van der Waals surface area contributed by atoms with Crippen LogP contribution >= 0.6 is 0 Å². The van der Waals surface area contributed by atoms with Crippen LogP contribution in [-0.4, -0.2) is 5.91 Å². The van der Waals surface area contributed by atoms with Crippen LogP contribution in [0, 0.1) is 11.7 Å². The van der Waals surface area contributed by atoms with Crippen molar-refractivity contribution >= 4 is 5.91 Å². The summed E-state index contributed by atoms with van der Waals surface area (Å²) in [7, 11) is 0. The van der Waals surface area contributed by atoms with Gasteiger partial charge in [0.05, 0.1) is 6.04 Å². The SMILES string of the molecule is O=C(NC1CCc2cc(F)ccc21)C1CCC1. The van der Waals surface area contributed by atoms with Gasteiger partial charge in [0.25, 0.3) is 0 Å². The Balaban J connectivity index is 1.72. The number of amides is 1. The first-order valence-corrected chi connectivity index (χ1v) is 6.33. The molecule has 1 aromatic rings. The summed E-state index contributed by atoms with van der Waals surface area (Å²) in [5.41, 5.74) is 2.14. The zero-order chi connectivity index (χ0) is 11.8. The van der Waals surface area contributed by atoms with Crippen molar-refractivity contribution < 1.29 is 9.18 Å². The lowest BCUT2D eigenvalue weighted by Gasteiger charge is -2.26. The molecule has 3 heteroatoms. The van der Waals surface area contributed by atoms with Crippen molar-refractivity contribution in [2.45, 2.75) is 38.1 Å². The lowest BCUT2D eigenvalue weighted by atomic mass is 9.84. The highest BCUT2D eigenvalue weighted by atomic mass is 19.1. The van der Waals surface area contributed by atoms with Crippen molar-refractivity contribution in [2.24, 2.45) is 5.92 Å². The fourth-order valence-electron chi connectivity index (χ4n) is 2.70. The first kappa shape index (κ1) is 10.8.